The summed E-state index contributed by atoms with van der Waals surface area (Å²) in [5.41, 5.74) is 3.26. The summed E-state index contributed by atoms with van der Waals surface area (Å²) in [7, 11) is 0. The number of carbonyl (C=O) groups is 1. The number of hydrogen-bond acceptors (Lipinski definition) is 3. The molecule has 1 aliphatic rings. The summed E-state index contributed by atoms with van der Waals surface area (Å²) in [4.78, 5) is 12.9. The minimum absolute atomic E-state index is 0.325. The quantitative estimate of drug-likeness (QED) is 0.788. The van der Waals surface area contributed by atoms with E-state index in [1.807, 2.05) is 54.6 Å². The monoisotopic (exact) mass is 326 g/mol. The number of aliphatic hydroxyl groups is 1. The summed E-state index contributed by atoms with van der Waals surface area (Å²) in [6.07, 6.45) is -1.20. The van der Waals surface area contributed by atoms with Crippen LogP contribution in [0.15, 0.2) is 54.6 Å². The molecular weight excluding hydrogens is 304 g/mol. The molecule has 2 aromatic carbocycles. The van der Waals surface area contributed by atoms with E-state index in [0.29, 0.717) is 26.1 Å². The van der Waals surface area contributed by atoms with Crippen LogP contribution in [-0.4, -0.2) is 39.9 Å². The minimum atomic E-state index is -0.989. The van der Waals surface area contributed by atoms with Crippen molar-refractivity contribution in [2.75, 3.05) is 6.54 Å². The average Bonchev–Trinajstić information content (AvgIpc) is 2.61. The number of fused-ring (bicyclic) bond motifs is 1. The molecule has 5 nitrogen and oxygen atoms in total. The van der Waals surface area contributed by atoms with Crippen molar-refractivity contribution in [1.82, 2.24) is 10.2 Å². The predicted molar refractivity (Wildman–Crippen MR) is 91.7 cm³/mol. The summed E-state index contributed by atoms with van der Waals surface area (Å²) >= 11 is 0. The largest absolute Gasteiger partial charge is 0.465 e. The number of amides is 1. The highest BCUT2D eigenvalue weighted by Crippen LogP contribution is 2.25. The van der Waals surface area contributed by atoms with Gasteiger partial charge in [0.1, 0.15) is 0 Å². The van der Waals surface area contributed by atoms with E-state index in [2.05, 4.69) is 5.32 Å². The van der Waals surface area contributed by atoms with Crippen molar-refractivity contribution in [2.24, 2.45) is 0 Å². The highest BCUT2D eigenvalue weighted by Gasteiger charge is 2.34. The Morgan fingerprint density at radius 3 is 2.50 bits per heavy atom. The Kier molecular flexibility index (Phi) is 5.13. The van der Waals surface area contributed by atoms with Crippen molar-refractivity contribution in [1.29, 1.82) is 0 Å². The number of carboxylic acid groups (broad SMARTS) is 1. The van der Waals surface area contributed by atoms with Gasteiger partial charge < -0.3 is 15.5 Å². The van der Waals surface area contributed by atoms with Gasteiger partial charge in [0.05, 0.1) is 12.1 Å². The molecule has 126 valence electrons. The highest BCUT2D eigenvalue weighted by molar-refractivity contribution is 5.66. The molecule has 1 heterocycles. The molecule has 0 aromatic heterocycles. The molecule has 1 amide bonds. The molecule has 1 unspecified atom stereocenters. The summed E-state index contributed by atoms with van der Waals surface area (Å²) in [5, 5.41) is 23.2. The van der Waals surface area contributed by atoms with Crippen LogP contribution in [-0.2, 0) is 19.5 Å². The number of hydrogen-bond donors (Lipinski definition) is 3. The molecule has 24 heavy (non-hydrogen) atoms. The van der Waals surface area contributed by atoms with Crippen LogP contribution in [0.4, 0.5) is 4.79 Å². The Bertz CT molecular complexity index is 690. The van der Waals surface area contributed by atoms with E-state index in [4.69, 9.17) is 0 Å². The Balaban J connectivity index is 1.64. The number of benzene rings is 2. The van der Waals surface area contributed by atoms with Gasteiger partial charge in [-0.1, -0.05) is 54.6 Å². The van der Waals surface area contributed by atoms with Crippen LogP contribution in [0.2, 0.25) is 0 Å². The number of nitrogens with zero attached hydrogens (tertiary/aromatic N) is 1. The molecule has 3 N–H and O–H groups in total. The van der Waals surface area contributed by atoms with Crippen LogP contribution in [0.3, 0.4) is 0 Å². The first-order valence-corrected chi connectivity index (χ1v) is 8.14. The standard InChI is InChI=1S/C19H22N2O3/c22-18(12-20-11-14-6-2-1-3-7-14)17-10-15-8-4-5-9-16(15)13-21(17)19(23)24/h1-9,17-18,20,22H,10-13H2,(H,23,24)/t17?,18-/m1/s1. The maximum absolute atomic E-state index is 11.6. The summed E-state index contributed by atoms with van der Waals surface area (Å²) in [5.74, 6) is 0. The molecule has 0 spiro atoms. The third kappa shape index (κ3) is 3.75. The zero-order valence-corrected chi connectivity index (χ0v) is 13.4. The van der Waals surface area contributed by atoms with Crippen molar-refractivity contribution in [3.05, 3.63) is 71.3 Å². The summed E-state index contributed by atoms with van der Waals surface area (Å²) < 4.78 is 0. The fourth-order valence-electron chi connectivity index (χ4n) is 3.20. The number of rotatable bonds is 5. The molecule has 1 aliphatic heterocycles. The fourth-order valence-corrected chi connectivity index (χ4v) is 3.20. The van der Waals surface area contributed by atoms with E-state index in [1.54, 1.807) is 0 Å². The molecule has 0 saturated heterocycles. The third-order valence-corrected chi connectivity index (χ3v) is 4.50. The van der Waals surface area contributed by atoms with Crippen molar-refractivity contribution >= 4 is 6.09 Å². The van der Waals surface area contributed by atoms with Gasteiger partial charge in [-0.05, 0) is 23.1 Å². The van der Waals surface area contributed by atoms with Gasteiger partial charge in [-0.3, -0.25) is 4.90 Å². The Morgan fingerprint density at radius 1 is 1.12 bits per heavy atom. The molecule has 5 heteroatoms. The van der Waals surface area contributed by atoms with Crippen molar-refractivity contribution in [2.45, 2.75) is 31.7 Å². The van der Waals surface area contributed by atoms with E-state index in [9.17, 15) is 15.0 Å². The van der Waals surface area contributed by atoms with Gasteiger partial charge in [0.15, 0.2) is 0 Å². The van der Waals surface area contributed by atoms with Gasteiger partial charge in [0.25, 0.3) is 0 Å². The van der Waals surface area contributed by atoms with Crippen molar-refractivity contribution in [3.8, 4) is 0 Å². The lowest BCUT2D eigenvalue weighted by molar-refractivity contribution is 0.0387. The van der Waals surface area contributed by atoms with E-state index in [0.717, 1.165) is 16.7 Å². The zero-order chi connectivity index (χ0) is 16.9. The van der Waals surface area contributed by atoms with Gasteiger partial charge in [-0.15, -0.1) is 0 Å². The van der Waals surface area contributed by atoms with Gasteiger partial charge in [0.2, 0.25) is 0 Å². The van der Waals surface area contributed by atoms with E-state index < -0.39 is 18.2 Å². The Hall–Kier alpha value is -2.37. The molecule has 0 bridgehead atoms. The fraction of sp³-hybridized carbons (Fsp3) is 0.316. The van der Waals surface area contributed by atoms with E-state index in [1.165, 1.54) is 4.90 Å². The third-order valence-electron chi connectivity index (χ3n) is 4.50. The normalized spacial score (nSPS) is 18.0. The number of aliphatic hydroxyl groups excluding tert-OH is 1. The van der Waals surface area contributed by atoms with Crippen LogP contribution < -0.4 is 5.32 Å². The molecule has 0 radical (unpaired) electrons. The van der Waals surface area contributed by atoms with E-state index >= 15 is 0 Å². The number of nitrogens with one attached hydrogen (secondary N) is 1. The van der Waals surface area contributed by atoms with Gasteiger partial charge in [-0.2, -0.15) is 0 Å². The second-order valence-corrected chi connectivity index (χ2v) is 6.13. The van der Waals surface area contributed by atoms with Crippen molar-refractivity contribution < 1.29 is 15.0 Å². The van der Waals surface area contributed by atoms with Crippen LogP contribution in [0, 0.1) is 0 Å². The van der Waals surface area contributed by atoms with Crippen LogP contribution in [0.5, 0.6) is 0 Å². The molecule has 0 aliphatic carbocycles. The first kappa shape index (κ1) is 16.5. The highest BCUT2D eigenvalue weighted by atomic mass is 16.4. The topological polar surface area (TPSA) is 72.8 Å². The first-order chi connectivity index (χ1) is 11.6. The van der Waals surface area contributed by atoms with Crippen LogP contribution in [0.1, 0.15) is 16.7 Å². The van der Waals surface area contributed by atoms with Gasteiger partial charge >= 0.3 is 6.09 Å². The summed E-state index contributed by atoms with van der Waals surface area (Å²) in [6.45, 7) is 1.33. The predicted octanol–water partition coefficient (Wildman–Crippen LogP) is 2.24. The van der Waals surface area contributed by atoms with Crippen LogP contribution >= 0.6 is 0 Å². The first-order valence-electron chi connectivity index (χ1n) is 8.14. The second kappa shape index (κ2) is 7.47. The molecule has 0 saturated carbocycles. The Labute approximate surface area is 141 Å². The molecular formula is C19H22N2O3. The lowest BCUT2D eigenvalue weighted by Gasteiger charge is -2.37. The summed E-state index contributed by atoms with van der Waals surface area (Å²) in [6, 6.07) is 17.3. The lowest BCUT2D eigenvalue weighted by Crippen LogP contribution is -2.52. The van der Waals surface area contributed by atoms with E-state index in [-0.39, 0.29) is 0 Å². The molecule has 3 rings (SSSR count). The van der Waals surface area contributed by atoms with Gasteiger partial charge in [0, 0.05) is 19.6 Å². The molecule has 0 fully saturated rings. The maximum atomic E-state index is 11.6. The molecule has 2 atom stereocenters. The average molecular weight is 326 g/mol. The zero-order valence-electron chi connectivity index (χ0n) is 13.4. The van der Waals surface area contributed by atoms with Crippen molar-refractivity contribution in [3.63, 3.8) is 0 Å². The lowest BCUT2D eigenvalue weighted by atomic mass is 9.91. The molecule has 2 aromatic rings. The Morgan fingerprint density at radius 2 is 1.79 bits per heavy atom. The maximum Gasteiger partial charge on any atom is 0.407 e. The van der Waals surface area contributed by atoms with Gasteiger partial charge in [-0.25, -0.2) is 4.79 Å². The smallest absolute Gasteiger partial charge is 0.407 e. The second-order valence-electron chi connectivity index (χ2n) is 6.13. The SMILES string of the molecule is O=C(O)N1Cc2ccccc2CC1[C@H](O)CNCc1ccccc1. The minimum Gasteiger partial charge on any atom is -0.465 e. The van der Waals surface area contributed by atoms with Crippen LogP contribution in [0.25, 0.3) is 0 Å².